The molecular formula is C11H15NO3. The first-order valence-corrected chi connectivity index (χ1v) is 4.85. The second-order valence-electron chi connectivity index (χ2n) is 3.53. The van der Waals surface area contributed by atoms with E-state index < -0.39 is 5.97 Å². The van der Waals surface area contributed by atoms with Gasteiger partial charge in [0.2, 0.25) is 0 Å². The van der Waals surface area contributed by atoms with Crippen molar-refractivity contribution in [2.45, 2.75) is 25.8 Å². The third-order valence-corrected chi connectivity index (χ3v) is 2.31. The highest BCUT2D eigenvalue weighted by Crippen LogP contribution is 2.19. The summed E-state index contributed by atoms with van der Waals surface area (Å²) >= 11 is 0. The summed E-state index contributed by atoms with van der Waals surface area (Å²) in [5.74, 6) is -1.34. The van der Waals surface area contributed by atoms with Crippen molar-refractivity contribution >= 4 is 5.97 Å². The van der Waals surface area contributed by atoms with Gasteiger partial charge in [-0.3, -0.25) is 0 Å². The molecule has 82 valence electrons. The monoisotopic (exact) mass is 209 g/mol. The van der Waals surface area contributed by atoms with Gasteiger partial charge in [-0.15, -0.1) is 0 Å². The number of aromatic hydroxyl groups is 1. The Labute approximate surface area is 88.3 Å². The van der Waals surface area contributed by atoms with E-state index in [1.165, 1.54) is 12.1 Å². The van der Waals surface area contributed by atoms with Gasteiger partial charge in [0.05, 0.1) is 0 Å². The molecule has 0 bridgehead atoms. The van der Waals surface area contributed by atoms with E-state index in [4.69, 9.17) is 10.8 Å². The Hall–Kier alpha value is -1.55. The number of benzene rings is 1. The third-order valence-electron chi connectivity index (χ3n) is 2.31. The average Bonchev–Trinajstić information content (AvgIpc) is 2.20. The minimum atomic E-state index is -1.13. The van der Waals surface area contributed by atoms with Crippen molar-refractivity contribution in [3.05, 3.63) is 29.3 Å². The summed E-state index contributed by atoms with van der Waals surface area (Å²) < 4.78 is 0. The minimum Gasteiger partial charge on any atom is -0.507 e. The molecule has 0 heterocycles. The smallest absolute Gasteiger partial charge is 0.339 e. The van der Waals surface area contributed by atoms with Crippen LogP contribution in [0, 0.1) is 0 Å². The highest BCUT2D eigenvalue weighted by molar-refractivity contribution is 5.90. The summed E-state index contributed by atoms with van der Waals surface area (Å²) in [4.78, 5) is 10.7. The number of hydrogen-bond donors (Lipinski definition) is 3. The maximum Gasteiger partial charge on any atom is 0.339 e. The zero-order chi connectivity index (χ0) is 11.4. The summed E-state index contributed by atoms with van der Waals surface area (Å²) in [5.41, 5.74) is 6.52. The van der Waals surface area contributed by atoms with E-state index in [2.05, 4.69) is 0 Å². The van der Waals surface area contributed by atoms with E-state index in [-0.39, 0.29) is 17.4 Å². The summed E-state index contributed by atoms with van der Waals surface area (Å²) in [6.07, 6.45) is 1.46. The Morgan fingerprint density at radius 1 is 1.53 bits per heavy atom. The molecule has 1 atom stereocenters. The molecule has 0 aromatic heterocycles. The van der Waals surface area contributed by atoms with Gasteiger partial charge in [-0.2, -0.15) is 0 Å². The van der Waals surface area contributed by atoms with Gasteiger partial charge in [0.25, 0.3) is 0 Å². The molecule has 0 saturated carbocycles. The quantitative estimate of drug-likeness (QED) is 0.699. The van der Waals surface area contributed by atoms with Crippen LogP contribution in [0.4, 0.5) is 0 Å². The van der Waals surface area contributed by atoms with E-state index in [1.54, 1.807) is 6.07 Å². The fourth-order valence-corrected chi connectivity index (χ4v) is 1.33. The first kappa shape index (κ1) is 11.5. The van der Waals surface area contributed by atoms with Crippen LogP contribution in [-0.4, -0.2) is 22.2 Å². The lowest BCUT2D eigenvalue weighted by molar-refractivity contribution is 0.0693. The molecular weight excluding hydrogens is 194 g/mol. The van der Waals surface area contributed by atoms with Gasteiger partial charge < -0.3 is 15.9 Å². The van der Waals surface area contributed by atoms with Crippen LogP contribution in [-0.2, 0) is 6.42 Å². The molecule has 0 aliphatic carbocycles. The molecule has 0 amide bonds. The summed E-state index contributed by atoms with van der Waals surface area (Å²) in [5, 5.41) is 18.1. The lowest BCUT2D eigenvalue weighted by Gasteiger charge is -2.09. The number of carboxylic acids is 1. The molecule has 0 fully saturated rings. The summed E-state index contributed by atoms with van der Waals surface area (Å²) in [6, 6.07) is 4.57. The average molecular weight is 209 g/mol. The second kappa shape index (κ2) is 4.79. The first-order valence-electron chi connectivity index (χ1n) is 4.85. The van der Waals surface area contributed by atoms with Gasteiger partial charge in [-0.1, -0.05) is 13.0 Å². The van der Waals surface area contributed by atoms with Gasteiger partial charge in [0, 0.05) is 6.04 Å². The molecule has 0 saturated heterocycles. The van der Waals surface area contributed by atoms with Crippen molar-refractivity contribution in [1.29, 1.82) is 0 Å². The molecule has 1 aromatic rings. The Balaban J connectivity index is 2.92. The van der Waals surface area contributed by atoms with Gasteiger partial charge in [0.15, 0.2) is 0 Å². The molecule has 4 N–H and O–H groups in total. The zero-order valence-electron chi connectivity index (χ0n) is 8.60. The molecule has 0 spiro atoms. The summed E-state index contributed by atoms with van der Waals surface area (Å²) in [7, 11) is 0. The molecule has 4 nitrogen and oxygen atoms in total. The number of rotatable bonds is 4. The number of aromatic carboxylic acids is 1. The molecule has 0 aliphatic heterocycles. The van der Waals surface area contributed by atoms with Crippen LogP contribution in [0.25, 0.3) is 0 Å². The maximum atomic E-state index is 10.7. The fourth-order valence-electron chi connectivity index (χ4n) is 1.33. The Kier molecular flexibility index (Phi) is 3.68. The highest BCUT2D eigenvalue weighted by Gasteiger charge is 2.11. The number of carbonyl (C=O) groups is 1. The third kappa shape index (κ3) is 2.95. The van der Waals surface area contributed by atoms with Crippen molar-refractivity contribution in [2.75, 3.05) is 0 Å². The summed E-state index contributed by atoms with van der Waals surface area (Å²) in [6.45, 7) is 1.98. The van der Waals surface area contributed by atoms with Crippen molar-refractivity contribution in [3.63, 3.8) is 0 Å². The van der Waals surface area contributed by atoms with E-state index >= 15 is 0 Å². The number of hydrogen-bond acceptors (Lipinski definition) is 3. The first-order chi connectivity index (χ1) is 7.04. The maximum absolute atomic E-state index is 10.7. The molecule has 0 aliphatic rings. The van der Waals surface area contributed by atoms with Gasteiger partial charge in [0.1, 0.15) is 11.3 Å². The van der Waals surface area contributed by atoms with E-state index in [9.17, 15) is 9.90 Å². The van der Waals surface area contributed by atoms with Crippen molar-refractivity contribution in [1.82, 2.24) is 0 Å². The van der Waals surface area contributed by atoms with E-state index in [1.807, 2.05) is 6.92 Å². The van der Waals surface area contributed by atoms with Crippen molar-refractivity contribution in [3.8, 4) is 5.75 Å². The van der Waals surface area contributed by atoms with E-state index in [0.29, 0.717) is 6.42 Å². The SMILES string of the molecule is CCC(N)Cc1ccc(O)c(C(=O)O)c1. The topological polar surface area (TPSA) is 83.5 Å². The van der Waals surface area contributed by atoms with Crippen LogP contribution in [0.1, 0.15) is 29.3 Å². The molecule has 15 heavy (non-hydrogen) atoms. The highest BCUT2D eigenvalue weighted by atomic mass is 16.4. The van der Waals surface area contributed by atoms with Crippen LogP contribution in [0.2, 0.25) is 0 Å². The number of phenols is 1. The zero-order valence-corrected chi connectivity index (χ0v) is 8.60. The van der Waals surface area contributed by atoms with Gasteiger partial charge >= 0.3 is 5.97 Å². The van der Waals surface area contributed by atoms with Crippen LogP contribution < -0.4 is 5.73 Å². The van der Waals surface area contributed by atoms with Crippen LogP contribution in [0.3, 0.4) is 0 Å². The normalized spacial score (nSPS) is 12.4. The van der Waals surface area contributed by atoms with Crippen LogP contribution in [0.15, 0.2) is 18.2 Å². The van der Waals surface area contributed by atoms with Gasteiger partial charge in [-0.25, -0.2) is 4.79 Å². The Morgan fingerprint density at radius 3 is 2.73 bits per heavy atom. The number of carboxylic acid groups (broad SMARTS) is 1. The minimum absolute atomic E-state index is 0.0242. The van der Waals surface area contributed by atoms with E-state index in [0.717, 1.165) is 12.0 Å². The predicted octanol–water partition coefficient (Wildman–Crippen LogP) is 1.37. The Bertz CT molecular complexity index is 363. The molecule has 0 radical (unpaired) electrons. The standard InChI is InChI=1S/C11H15NO3/c1-2-8(12)5-7-3-4-10(13)9(6-7)11(14)15/h3-4,6,8,13H,2,5,12H2,1H3,(H,14,15). The lowest BCUT2D eigenvalue weighted by atomic mass is 10.0. The second-order valence-corrected chi connectivity index (χ2v) is 3.53. The van der Waals surface area contributed by atoms with Crippen molar-refractivity contribution in [2.24, 2.45) is 5.73 Å². The molecule has 4 heteroatoms. The van der Waals surface area contributed by atoms with Gasteiger partial charge in [-0.05, 0) is 30.5 Å². The van der Waals surface area contributed by atoms with Crippen LogP contribution in [0.5, 0.6) is 5.75 Å². The molecule has 1 unspecified atom stereocenters. The molecule has 1 aromatic carbocycles. The Morgan fingerprint density at radius 2 is 2.20 bits per heavy atom. The number of nitrogens with two attached hydrogens (primary N) is 1. The largest absolute Gasteiger partial charge is 0.507 e. The lowest BCUT2D eigenvalue weighted by Crippen LogP contribution is -2.21. The molecule has 1 rings (SSSR count). The van der Waals surface area contributed by atoms with Crippen LogP contribution >= 0.6 is 0 Å². The predicted molar refractivity (Wildman–Crippen MR) is 57.0 cm³/mol. The fraction of sp³-hybridized carbons (Fsp3) is 0.364. The van der Waals surface area contributed by atoms with Crippen molar-refractivity contribution < 1.29 is 15.0 Å².